The van der Waals surface area contributed by atoms with Crippen LogP contribution < -0.4 is 11.1 Å². The third-order valence-electron chi connectivity index (χ3n) is 1.21. The molecule has 0 radical (unpaired) electrons. The van der Waals surface area contributed by atoms with Crippen LogP contribution in [0.5, 0.6) is 0 Å². The highest BCUT2D eigenvalue weighted by Gasteiger charge is 1.94. The van der Waals surface area contributed by atoms with E-state index in [9.17, 15) is 4.79 Å². The Morgan fingerprint density at radius 3 is 2.83 bits per heavy atom. The highest BCUT2D eigenvalue weighted by atomic mass is 16.5. The Morgan fingerprint density at radius 1 is 1.50 bits per heavy atom. The van der Waals surface area contributed by atoms with Crippen molar-refractivity contribution in [3.63, 3.8) is 0 Å². The molecule has 0 aliphatic rings. The lowest BCUT2D eigenvalue weighted by atomic mass is 10.4. The molecule has 0 saturated carbocycles. The molecule has 0 rings (SSSR count). The molecule has 0 spiro atoms. The zero-order valence-corrected chi connectivity index (χ0v) is 7.08. The minimum atomic E-state index is -0.155. The summed E-state index contributed by atoms with van der Waals surface area (Å²) in [6.45, 7) is 1.53. The number of carbonyl (C=O) groups excluding carboxylic acids is 1. The van der Waals surface area contributed by atoms with E-state index in [1.165, 1.54) is 0 Å². The van der Waals surface area contributed by atoms with Crippen LogP contribution in [-0.2, 0) is 9.53 Å². The van der Waals surface area contributed by atoms with Crippen molar-refractivity contribution in [2.24, 2.45) is 5.73 Å². The van der Waals surface area contributed by atoms with Crippen LogP contribution in [0.1, 0.15) is 6.42 Å². The summed E-state index contributed by atoms with van der Waals surface area (Å²) in [5.41, 5.74) is 5.06. The lowest BCUT2D eigenvalue weighted by molar-refractivity contribution is -0.119. The summed E-state index contributed by atoms with van der Waals surface area (Å²) in [5, 5.41) is 10.9. The lowest BCUT2D eigenvalue weighted by Crippen LogP contribution is -2.31. The second-order valence-electron chi connectivity index (χ2n) is 2.24. The number of ether oxygens (including phenoxy) is 1. The van der Waals surface area contributed by atoms with Gasteiger partial charge in [0.25, 0.3) is 0 Å². The van der Waals surface area contributed by atoms with Gasteiger partial charge in [-0.15, -0.1) is 0 Å². The van der Waals surface area contributed by atoms with Crippen LogP contribution in [-0.4, -0.2) is 43.9 Å². The molecule has 1 amide bonds. The number of carbonyl (C=O) groups is 1. The normalized spacial score (nSPS) is 9.83. The van der Waals surface area contributed by atoms with Gasteiger partial charge in [-0.2, -0.15) is 0 Å². The van der Waals surface area contributed by atoms with Gasteiger partial charge in [-0.25, -0.2) is 0 Å². The largest absolute Gasteiger partial charge is 0.394 e. The van der Waals surface area contributed by atoms with E-state index >= 15 is 0 Å². The van der Waals surface area contributed by atoms with E-state index < -0.39 is 0 Å². The van der Waals surface area contributed by atoms with Crippen molar-refractivity contribution >= 4 is 5.91 Å². The highest BCUT2D eigenvalue weighted by Crippen LogP contribution is 1.79. The number of hydrogen-bond donors (Lipinski definition) is 3. The molecule has 0 aliphatic carbocycles. The number of aliphatic hydroxyl groups excluding tert-OH is 1. The first-order valence-corrected chi connectivity index (χ1v) is 3.96. The van der Waals surface area contributed by atoms with Gasteiger partial charge in [0, 0.05) is 13.2 Å². The molecule has 0 aromatic heterocycles. The molecule has 0 unspecified atom stereocenters. The summed E-state index contributed by atoms with van der Waals surface area (Å²) in [5.74, 6) is -0.155. The fraction of sp³-hybridized carbons (Fsp3) is 0.857. The van der Waals surface area contributed by atoms with Gasteiger partial charge in [0.1, 0.15) is 0 Å². The van der Waals surface area contributed by atoms with Gasteiger partial charge in [0.05, 0.1) is 19.8 Å². The van der Waals surface area contributed by atoms with E-state index in [1.54, 1.807) is 0 Å². The summed E-state index contributed by atoms with van der Waals surface area (Å²) < 4.78 is 4.97. The molecule has 0 fully saturated rings. The van der Waals surface area contributed by atoms with Crippen LogP contribution in [0, 0.1) is 0 Å². The summed E-state index contributed by atoms with van der Waals surface area (Å²) >= 11 is 0. The van der Waals surface area contributed by atoms with Crippen LogP contribution in [0.4, 0.5) is 0 Å². The molecule has 72 valence electrons. The van der Waals surface area contributed by atoms with Crippen LogP contribution in [0.3, 0.4) is 0 Å². The third-order valence-corrected chi connectivity index (χ3v) is 1.21. The molecule has 0 aromatic carbocycles. The highest BCUT2D eigenvalue weighted by molar-refractivity contribution is 5.77. The minimum Gasteiger partial charge on any atom is -0.394 e. The summed E-state index contributed by atoms with van der Waals surface area (Å²) in [6, 6.07) is 0. The number of rotatable bonds is 7. The third kappa shape index (κ3) is 7.46. The molecule has 0 saturated heterocycles. The number of nitrogens with two attached hydrogens (primary N) is 1. The van der Waals surface area contributed by atoms with Crippen LogP contribution in [0.2, 0.25) is 0 Å². The zero-order chi connectivity index (χ0) is 9.23. The summed E-state index contributed by atoms with van der Waals surface area (Å²) in [4.78, 5) is 10.6. The monoisotopic (exact) mass is 176 g/mol. The number of aliphatic hydroxyl groups is 1. The van der Waals surface area contributed by atoms with E-state index in [0.717, 1.165) is 6.42 Å². The average molecular weight is 176 g/mol. The minimum absolute atomic E-state index is 0.0253. The SMILES string of the molecule is NCC(=O)NCCCOCCO. The van der Waals surface area contributed by atoms with Gasteiger partial charge in [0.15, 0.2) is 0 Å². The quantitative estimate of drug-likeness (QED) is 0.410. The Kier molecular flexibility index (Phi) is 7.99. The zero-order valence-electron chi connectivity index (χ0n) is 7.08. The first-order valence-electron chi connectivity index (χ1n) is 3.96. The van der Waals surface area contributed by atoms with Crippen LogP contribution >= 0.6 is 0 Å². The second kappa shape index (κ2) is 8.45. The molecular weight excluding hydrogens is 160 g/mol. The van der Waals surface area contributed by atoms with Gasteiger partial charge in [-0.3, -0.25) is 4.79 Å². The first-order chi connectivity index (χ1) is 5.81. The molecular formula is C7H16N2O3. The summed E-state index contributed by atoms with van der Waals surface area (Å²) in [6.07, 6.45) is 0.742. The number of hydrogen-bond acceptors (Lipinski definition) is 4. The molecule has 0 heterocycles. The number of nitrogens with one attached hydrogen (secondary N) is 1. The topological polar surface area (TPSA) is 84.6 Å². The van der Waals surface area contributed by atoms with E-state index in [-0.39, 0.29) is 19.1 Å². The average Bonchev–Trinajstić information content (AvgIpc) is 2.10. The van der Waals surface area contributed by atoms with Crippen molar-refractivity contribution in [1.29, 1.82) is 0 Å². The van der Waals surface area contributed by atoms with E-state index in [4.69, 9.17) is 15.6 Å². The molecule has 0 aliphatic heterocycles. The Labute approximate surface area is 71.9 Å². The van der Waals surface area contributed by atoms with Crippen LogP contribution in [0.25, 0.3) is 0 Å². The standard InChI is InChI=1S/C7H16N2O3/c8-6-7(11)9-2-1-4-12-5-3-10/h10H,1-6,8H2,(H,9,11). The van der Waals surface area contributed by atoms with Gasteiger partial charge in [-0.05, 0) is 6.42 Å². The number of amides is 1. The van der Waals surface area contributed by atoms with Crippen molar-refractivity contribution in [3.05, 3.63) is 0 Å². The Morgan fingerprint density at radius 2 is 2.25 bits per heavy atom. The van der Waals surface area contributed by atoms with Gasteiger partial charge in [0.2, 0.25) is 5.91 Å². The molecule has 5 heteroatoms. The molecule has 5 nitrogen and oxygen atoms in total. The Hall–Kier alpha value is -0.650. The molecule has 0 bridgehead atoms. The predicted octanol–water partition coefficient (Wildman–Crippen LogP) is -1.54. The molecule has 0 aromatic rings. The van der Waals surface area contributed by atoms with Crippen molar-refractivity contribution in [1.82, 2.24) is 5.32 Å². The van der Waals surface area contributed by atoms with Crippen molar-refractivity contribution in [3.8, 4) is 0 Å². The van der Waals surface area contributed by atoms with Gasteiger partial charge >= 0.3 is 0 Å². The van der Waals surface area contributed by atoms with Gasteiger partial charge in [-0.1, -0.05) is 0 Å². The van der Waals surface area contributed by atoms with Crippen molar-refractivity contribution in [2.75, 3.05) is 32.9 Å². The lowest BCUT2D eigenvalue weighted by Gasteiger charge is -2.03. The van der Waals surface area contributed by atoms with E-state index in [2.05, 4.69) is 5.32 Å². The Balaban J connectivity index is 2.95. The van der Waals surface area contributed by atoms with Crippen molar-refractivity contribution < 1.29 is 14.6 Å². The Bertz CT molecular complexity index is 119. The maximum absolute atomic E-state index is 10.6. The molecule has 12 heavy (non-hydrogen) atoms. The first kappa shape index (κ1) is 11.4. The van der Waals surface area contributed by atoms with E-state index in [0.29, 0.717) is 19.8 Å². The second-order valence-corrected chi connectivity index (χ2v) is 2.24. The maximum Gasteiger partial charge on any atom is 0.233 e. The fourth-order valence-electron chi connectivity index (χ4n) is 0.641. The maximum atomic E-state index is 10.6. The van der Waals surface area contributed by atoms with Crippen LogP contribution in [0.15, 0.2) is 0 Å². The predicted molar refractivity (Wildman–Crippen MR) is 44.6 cm³/mol. The van der Waals surface area contributed by atoms with Crippen molar-refractivity contribution in [2.45, 2.75) is 6.42 Å². The fourth-order valence-corrected chi connectivity index (χ4v) is 0.641. The summed E-state index contributed by atoms with van der Waals surface area (Å²) in [7, 11) is 0. The smallest absolute Gasteiger partial charge is 0.233 e. The van der Waals surface area contributed by atoms with E-state index in [1.807, 2.05) is 0 Å². The molecule has 4 N–H and O–H groups in total. The molecule has 0 atom stereocenters. The van der Waals surface area contributed by atoms with Gasteiger partial charge < -0.3 is 20.9 Å².